The highest BCUT2D eigenvalue weighted by Crippen LogP contribution is 2.30. The molecular formula is C21H21N5O. The highest BCUT2D eigenvalue weighted by atomic mass is 16.5. The third kappa shape index (κ3) is 2.87. The third-order valence-electron chi connectivity index (χ3n) is 5.34. The molecule has 1 aromatic carbocycles. The fourth-order valence-corrected chi connectivity index (χ4v) is 3.89. The highest BCUT2D eigenvalue weighted by Gasteiger charge is 2.23. The topological polar surface area (TPSA) is 56.1 Å². The van der Waals surface area contributed by atoms with Gasteiger partial charge in [-0.2, -0.15) is 0 Å². The molecule has 0 atom stereocenters. The average Bonchev–Trinajstić information content (AvgIpc) is 3.10. The SMILES string of the molecule is Cn1ccc2c(OC3CCN(c4ncnc5cnccc45)CC3)cccc21. The summed E-state index contributed by atoms with van der Waals surface area (Å²) in [6, 6.07) is 10.4. The van der Waals surface area contributed by atoms with Gasteiger partial charge in [-0.3, -0.25) is 4.98 Å². The van der Waals surface area contributed by atoms with Crippen LogP contribution in [0, 0.1) is 0 Å². The van der Waals surface area contributed by atoms with Gasteiger partial charge in [0.1, 0.15) is 24.0 Å². The van der Waals surface area contributed by atoms with Crippen molar-refractivity contribution in [1.82, 2.24) is 19.5 Å². The minimum atomic E-state index is 0.224. The van der Waals surface area contributed by atoms with E-state index < -0.39 is 0 Å². The number of nitrogens with zero attached hydrogens (tertiary/aromatic N) is 5. The van der Waals surface area contributed by atoms with Crippen LogP contribution in [0.4, 0.5) is 5.82 Å². The number of fused-ring (bicyclic) bond motifs is 2. The van der Waals surface area contributed by atoms with Crippen molar-refractivity contribution < 1.29 is 4.74 Å². The highest BCUT2D eigenvalue weighted by molar-refractivity contribution is 5.88. The minimum absolute atomic E-state index is 0.224. The molecular weight excluding hydrogens is 338 g/mol. The summed E-state index contributed by atoms with van der Waals surface area (Å²) in [5.74, 6) is 1.97. The Morgan fingerprint density at radius 1 is 1.04 bits per heavy atom. The first kappa shape index (κ1) is 16.1. The number of benzene rings is 1. The molecule has 0 aliphatic carbocycles. The zero-order chi connectivity index (χ0) is 18.2. The number of hydrogen-bond donors (Lipinski definition) is 0. The fraction of sp³-hybridized carbons (Fsp3) is 0.286. The van der Waals surface area contributed by atoms with Crippen molar-refractivity contribution >= 4 is 27.6 Å². The van der Waals surface area contributed by atoms with Gasteiger partial charge in [-0.15, -0.1) is 0 Å². The van der Waals surface area contributed by atoms with Crippen molar-refractivity contribution in [2.75, 3.05) is 18.0 Å². The minimum Gasteiger partial charge on any atom is -0.490 e. The number of pyridine rings is 1. The summed E-state index contributed by atoms with van der Waals surface area (Å²) >= 11 is 0. The quantitative estimate of drug-likeness (QED) is 0.560. The lowest BCUT2D eigenvalue weighted by atomic mass is 10.1. The van der Waals surface area contributed by atoms with Crippen LogP contribution in [-0.4, -0.2) is 38.7 Å². The summed E-state index contributed by atoms with van der Waals surface area (Å²) in [7, 11) is 2.06. The van der Waals surface area contributed by atoms with Crippen molar-refractivity contribution in [2.24, 2.45) is 7.05 Å². The van der Waals surface area contributed by atoms with Crippen LogP contribution < -0.4 is 9.64 Å². The van der Waals surface area contributed by atoms with E-state index in [4.69, 9.17) is 4.74 Å². The van der Waals surface area contributed by atoms with Crippen LogP contribution in [0.3, 0.4) is 0 Å². The van der Waals surface area contributed by atoms with Gasteiger partial charge in [0.25, 0.3) is 0 Å². The molecule has 0 unspecified atom stereocenters. The Balaban J connectivity index is 1.33. The smallest absolute Gasteiger partial charge is 0.139 e. The number of rotatable bonds is 3. The first-order valence-electron chi connectivity index (χ1n) is 9.30. The van der Waals surface area contributed by atoms with Crippen LogP contribution in [0.5, 0.6) is 5.75 Å². The Morgan fingerprint density at radius 2 is 1.93 bits per heavy atom. The molecule has 1 aliphatic rings. The van der Waals surface area contributed by atoms with E-state index in [1.807, 2.05) is 6.07 Å². The lowest BCUT2D eigenvalue weighted by Gasteiger charge is -2.33. The van der Waals surface area contributed by atoms with E-state index in [1.54, 1.807) is 18.7 Å². The van der Waals surface area contributed by atoms with Gasteiger partial charge >= 0.3 is 0 Å². The van der Waals surface area contributed by atoms with Crippen molar-refractivity contribution in [2.45, 2.75) is 18.9 Å². The predicted octanol–water partition coefficient (Wildman–Crippen LogP) is 3.56. The first-order chi connectivity index (χ1) is 13.3. The van der Waals surface area contributed by atoms with E-state index in [-0.39, 0.29) is 6.10 Å². The number of piperidine rings is 1. The number of aromatic nitrogens is 4. The molecule has 3 aromatic heterocycles. The van der Waals surface area contributed by atoms with E-state index in [2.05, 4.69) is 61.9 Å². The first-order valence-corrected chi connectivity index (χ1v) is 9.30. The maximum atomic E-state index is 6.37. The zero-order valence-corrected chi connectivity index (χ0v) is 15.2. The fourth-order valence-electron chi connectivity index (χ4n) is 3.89. The molecule has 0 bridgehead atoms. The lowest BCUT2D eigenvalue weighted by Crippen LogP contribution is -2.38. The monoisotopic (exact) mass is 359 g/mol. The molecule has 6 heteroatoms. The van der Waals surface area contributed by atoms with E-state index in [1.165, 1.54) is 10.9 Å². The summed E-state index contributed by atoms with van der Waals surface area (Å²) in [5.41, 5.74) is 2.09. The Morgan fingerprint density at radius 3 is 2.81 bits per heavy atom. The summed E-state index contributed by atoms with van der Waals surface area (Å²) in [6.45, 7) is 1.84. The normalized spacial score (nSPS) is 15.5. The predicted molar refractivity (Wildman–Crippen MR) is 106 cm³/mol. The molecule has 0 spiro atoms. The molecule has 4 aromatic rings. The number of hydrogen-bond acceptors (Lipinski definition) is 5. The molecule has 1 fully saturated rings. The molecule has 0 radical (unpaired) electrons. The summed E-state index contributed by atoms with van der Waals surface area (Å²) in [6.07, 6.45) is 9.46. The second-order valence-corrected chi connectivity index (χ2v) is 7.01. The molecule has 0 N–H and O–H groups in total. The standard InChI is InChI=1S/C21H21N5O/c1-25-10-8-17-19(25)3-2-4-20(17)27-15-6-11-26(12-7-15)21-16-5-9-22-13-18(16)23-14-24-21/h2-5,8-10,13-15H,6-7,11-12H2,1H3. The molecule has 6 nitrogen and oxygen atoms in total. The van der Waals surface area contributed by atoms with Crippen molar-refractivity contribution in [3.05, 3.63) is 55.2 Å². The Bertz CT molecular complexity index is 1090. The Kier molecular flexibility index (Phi) is 3.89. The molecule has 0 amide bonds. The van der Waals surface area contributed by atoms with Crippen LogP contribution in [0.2, 0.25) is 0 Å². The van der Waals surface area contributed by atoms with Gasteiger partial charge in [0.2, 0.25) is 0 Å². The van der Waals surface area contributed by atoms with Crippen molar-refractivity contribution in [1.29, 1.82) is 0 Å². The third-order valence-corrected chi connectivity index (χ3v) is 5.34. The van der Waals surface area contributed by atoms with Gasteiger partial charge < -0.3 is 14.2 Å². The van der Waals surface area contributed by atoms with Crippen molar-refractivity contribution in [3.8, 4) is 5.75 Å². The van der Waals surface area contributed by atoms with Crippen LogP contribution in [0.1, 0.15) is 12.8 Å². The maximum Gasteiger partial charge on any atom is 0.139 e. The van der Waals surface area contributed by atoms with E-state index in [9.17, 15) is 0 Å². The lowest BCUT2D eigenvalue weighted by molar-refractivity contribution is 0.173. The Labute approximate surface area is 157 Å². The van der Waals surface area contributed by atoms with Gasteiger partial charge in [-0.25, -0.2) is 9.97 Å². The van der Waals surface area contributed by atoms with E-state index >= 15 is 0 Å². The summed E-state index contributed by atoms with van der Waals surface area (Å²) < 4.78 is 8.50. The molecule has 27 heavy (non-hydrogen) atoms. The Hall–Kier alpha value is -3.15. The van der Waals surface area contributed by atoms with E-state index in [0.717, 1.165) is 48.4 Å². The number of aryl methyl sites for hydroxylation is 1. The molecule has 136 valence electrons. The van der Waals surface area contributed by atoms with E-state index in [0.29, 0.717) is 0 Å². The molecule has 4 heterocycles. The van der Waals surface area contributed by atoms with Crippen molar-refractivity contribution in [3.63, 3.8) is 0 Å². The second-order valence-electron chi connectivity index (χ2n) is 7.01. The molecule has 5 rings (SSSR count). The van der Waals surface area contributed by atoms with Gasteiger partial charge in [0.15, 0.2) is 0 Å². The van der Waals surface area contributed by atoms with Gasteiger partial charge in [-0.05, 0) is 24.3 Å². The number of anilines is 1. The van der Waals surface area contributed by atoms with Crippen LogP contribution in [-0.2, 0) is 7.05 Å². The molecule has 1 saturated heterocycles. The van der Waals surface area contributed by atoms with Crippen LogP contribution >= 0.6 is 0 Å². The van der Waals surface area contributed by atoms with Crippen LogP contribution in [0.25, 0.3) is 21.8 Å². The molecule has 1 aliphatic heterocycles. The maximum absolute atomic E-state index is 6.37. The summed E-state index contributed by atoms with van der Waals surface area (Å²) in [4.78, 5) is 15.3. The number of ether oxygens (including phenoxy) is 1. The average molecular weight is 359 g/mol. The van der Waals surface area contributed by atoms with Gasteiger partial charge in [0, 0.05) is 56.1 Å². The van der Waals surface area contributed by atoms with Crippen LogP contribution in [0.15, 0.2) is 55.2 Å². The summed E-state index contributed by atoms with van der Waals surface area (Å²) in [5, 5.41) is 2.23. The second kappa shape index (κ2) is 6.54. The zero-order valence-electron chi connectivity index (χ0n) is 15.2. The van der Waals surface area contributed by atoms with Gasteiger partial charge in [0.05, 0.1) is 17.2 Å². The molecule has 0 saturated carbocycles. The van der Waals surface area contributed by atoms with Gasteiger partial charge in [-0.1, -0.05) is 6.07 Å². The largest absolute Gasteiger partial charge is 0.490 e.